The lowest BCUT2D eigenvalue weighted by Gasteiger charge is -2.20. The number of guanidine groups is 1. The molecule has 2 heterocycles. The average Bonchev–Trinajstić information content (AvgIpc) is 3.11. The molecule has 1 aromatic carbocycles. The van der Waals surface area contributed by atoms with Crippen molar-refractivity contribution in [1.29, 1.82) is 0 Å². The minimum atomic E-state index is 0. The molecule has 2 N–H and O–H groups in total. The van der Waals surface area contributed by atoms with Gasteiger partial charge in [-0.15, -0.1) is 24.0 Å². The minimum Gasteiger partial charge on any atom is -0.486 e. The summed E-state index contributed by atoms with van der Waals surface area (Å²) in [6, 6.07) is 4.03. The molecule has 8 heteroatoms. The molecule has 140 valence electrons. The van der Waals surface area contributed by atoms with Crippen LogP contribution in [0.2, 0.25) is 0 Å². The Morgan fingerprint density at radius 2 is 2.08 bits per heavy atom. The molecule has 2 aliphatic heterocycles. The maximum Gasteiger partial charge on any atom is 0.191 e. The third kappa shape index (κ3) is 5.89. The van der Waals surface area contributed by atoms with Crippen molar-refractivity contribution >= 4 is 45.9 Å². The van der Waals surface area contributed by atoms with Crippen LogP contribution < -0.4 is 20.1 Å². The Balaban J connectivity index is 0.00000225. The highest BCUT2D eigenvalue weighted by Crippen LogP contribution is 2.38. The zero-order valence-electron chi connectivity index (χ0n) is 14.3. The highest BCUT2D eigenvalue weighted by Gasteiger charge is 2.17. The van der Waals surface area contributed by atoms with Crippen LogP contribution in [0.25, 0.3) is 0 Å². The molecule has 0 radical (unpaired) electrons. The van der Waals surface area contributed by atoms with Crippen LogP contribution in [0.1, 0.15) is 18.9 Å². The summed E-state index contributed by atoms with van der Waals surface area (Å²) in [5, 5.41) is 6.69. The monoisotopic (exact) mass is 525 g/mol. The summed E-state index contributed by atoms with van der Waals surface area (Å²) in [6.45, 7) is 7.23. The third-order valence-electron chi connectivity index (χ3n) is 4.00. The number of ether oxygens (including phenoxy) is 3. The van der Waals surface area contributed by atoms with Gasteiger partial charge >= 0.3 is 0 Å². The van der Waals surface area contributed by atoms with Crippen LogP contribution in [0.4, 0.5) is 0 Å². The van der Waals surface area contributed by atoms with E-state index in [1.165, 1.54) is 0 Å². The standard InChI is InChI=1S/C17H24BrN3O3.HI/c1-2-19-17(20-9-12-3-4-22-11-12)21-10-13-7-14(18)16-15(8-13)23-5-6-24-16;/h7-8,12H,2-6,9-11H2,1H3,(H2,19,20,21);1H. The maximum absolute atomic E-state index is 5.67. The molecule has 3 rings (SSSR count). The largest absolute Gasteiger partial charge is 0.486 e. The van der Waals surface area contributed by atoms with Crippen molar-refractivity contribution in [3.8, 4) is 11.5 Å². The van der Waals surface area contributed by atoms with E-state index < -0.39 is 0 Å². The number of fused-ring (bicyclic) bond motifs is 1. The predicted molar refractivity (Wildman–Crippen MR) is 112 cm³/mol. The van der Waals surface area contributed by atoms with Crippen molar-refractivity contribution < 1.29 is 14.2 Å². The Bertz CT molecular complexity index is 595. The van der Waals surface area contributed by atoms with Crippen molar-refractivity contribution in [2.45, 2.75) is 19.9 Å². The summed E-state index contributed by atoms with van der Waals surface area (Å²) in [7, 11) is 0. The van der Waals surface area contributed by atoms with Crippen LogP contribution in [0.5, 0.6) is 11.5 Å². The first-order chi connectivity index (χ1) is 11.8. The highest BCUT2D eigenvalue weighted by molar-refractivity contribution is 14.0. The van der Waals surface area contributed by atoms with Gasteiger partial charge in [-0.2, -0.15) is 0 Å². The molecular weight excluding hydrogens is 501 g/mol. The lowest BCUT2D eigenvalue weighted by atomic mass is 10.1. The maximum atomic E-state index is 5.67. The fourth-order valence-electron chi connectivity index (χ4n) is 2.75. The summed E-state index contributed by atoms with van der Waals surface area (Å²) in [5.41, 5.74) is 1.08. The second-order valence-corrected chi connectivity index (χ2v) is 6.76. The zero-order valence-corrected chi connectivity index (χ0v) is 18.3. The topological polar surface area (TPSA) is 64.1 Å². The lowest BCUT2D eigenvalue weighted by Crippen LogP contribution is -2.39. The van der Waals surface area contributed by atoms with E-state index in [-0.39, 0.29) is 24.0 Å². The summed E-state index contributed by atoms with van der Waals surface area (Å²) >= 11 is 3.55. The second kappa shape index (κ2) is 10.4. The van der Waals surface area contributed by atoms with Crippen LogP contribution in [-0.4, -0.2) is 45.5 Å². The van der Waals surface area contributed by atoms with Crippen LogP contribution in [0.3, 0.4) is 0 Å². The summed E-state index contributed by atoms with van der Waals surface area (Å²) in [5.74, 6) is 2.95. The second-order valence-electron chi connectivity index (χ2n) is 5.91. The molecule has 0 amide bonds. The van der Waals surface area contributed by atoms with Crippen LogP contribution >= 0.6 is 39.9 Å². The van der Waals surface area contributed by atoms with Gasteiger partial charge in [0.1, 0.15) is 13.2 Å². The van der Waals surface area contributed by atoms with Gasteiger partial charge in [-0.25, -0.2) is 4.99 Å². The Morgan fingerprint density at radius 3 is 2.84 bits per heavy atom. The highest BCUT2D eigenvalue weighted by atomic mass is 127. The number of hydrogen-bond donors (Lipinski definition) is 2. The van der Waals surface area contributed by atoms with Crippen LogP contribution in [0, 0.1) is 5.92 Å². The molecule has 1 aromatic rings. The number of nitrogens with one attached hydrogen (secondary N) is 2. The quantitative estimate of drug-likeness (QED) is 0.351. The Morgan fingerprint density at radius 1 is 1.24 bits per heavy atom. The zero-order chi connectivity index (χ0) is 16.8. The summed E-state index contributed by atoms with van der Waals surface area (Å²) in [4.78, 5) is 4.67. The van der Waals surface area contributed by atoms with Gasteiger partial charge in [0.2, 0.25) is 0 Å². The lowest BCUT2D eigenvalue weighted by molar-refractivity contribution is 0.170. The van der Waals surface area contributed by atoms with Crippen molar-refractivity contribution in [1.82, 2.24) is 10.6 Å². The molecule has 2 aliphatic rings. The first kappa shape index (κ1) is 20.6. The molecule has 25 heavy (non-hydrogen) atoms. The average molecular weight is 526 g/mol. The van der Waals surface area contributed by atoms with Crippen molar-refractivity contribution in [2.75, 3.05) is 39.5 Å². The number of aliphatic imine (C=N–C) groups is 1. The van der Waals surface area contributed by atoms with Gasteiger partial charge in [0.05, 0.1) is 17.6 Å². The van der Waals surface area contributed by atoms with E-state index in [0.29, 0.717) is 25.7 Å². The van der Waals surface area contributed by atoms with E-state index in [0.717, 1.165) is 60.2 Å². The van der Waals surface area contributed by atoms with Gasteiger partial charge in [0.15, 0.2) is 17.5 Å². The van der Waals surface area contributed by atoms with E-state index in [9.17, 15) is 0 Å². The first-order valence-electron chi connectivity index (χ1n) is 8.44. The van der Waals surface area contributed by atoms with E-state index in [2.05, 4.69) is 38.5 Å². The van der Waals surface area contributed by atoms with Crippen molar-refractivity contribution in [2.24, 2.45) is 10.9 Å². The number of hydrogen-bond acceptors (Lipinski definition) is 4. The van der Waals surface area contributed by atoms with Crippen molar-refractivity contribution in [3.05, 3.63) is 22.2 Å². The fraction of sp³-hybridized carbons (Fsp3) is 0.588. The van der Waals surface area contributed by atoms with Gasteiger partial charge in [-0.05, 0) is 47.0 Å². The number of rotatable bonds is 5. The van der Waals surface area contributed by atoms with Gasteiger partial charge < -0.3 is 24.8 Å². The SMILES string of the molecule is CCNC(=NCc1cc(Br)c2c(c1)OCCO2)NCC1CCOC1.I. The first-order valence-corrected chi connectivity index (χ1v) is 9.23. The summed E-state index contributed by atoms with van der Waals surface area (Å²) in [6.07, 6.45) is 1.11. The molecule has 1 unspecified atom stereocenters. The predicted octanol–water partition coefficient (Wildman–Crippen LogP) is 2.93. The van der Waals surface area contributed by atoms with Gasteiger partial charge in [0.25, 0.3) is 0 Å². The van der Waals surface area contributed by atoms with Crippen molar-refractivity contribution in [3.63, 3.8) is 0 Å². The van der Waals surface area contributed by atoms with E-state index in [1.807, 2.05) is 12.1 Å². The van der Waals surface area contributed by atoms with Crippen LogP contribution in [0.15, 0.2) is 21.6 Å². The Labute approximate surface area is 174 Å². The molecule has 0 saturated carbocycles. The van der Waals surface area contributed by atoms with Gasteiger partial charge in [-0.3, -0.25) is 0 Å². The smallest absolute Gasteiger partial charge is 0.191 e. The van der Waals surface area contributed by atoms with E-state index in [4.69, 9.17) is 14.2 Å². The third-order valence-corrected chi connectivity index (χ3v) is 4.59. The minimum absolute atomic E-state index is 0. The van der Waals surface area contributed by atoms with E-state index >= 15 is 0 Å². The molecule has 0 aromatic heterocycles. The molecule has 0 aliphatic carbocycles. The normalized spacial score (nSPS) is 19.3. The molecule has 6 nitrogen and oxygen atoms in total. The van der Waals surface area contributed by atoms with E-state index in [1.54, 1.807) is 0 Å². The Hall–Kier alpha value is -0.740. The molecular formula is C17H25BrIN3O3. The van der Waals surface area contributed by atoms with Gasteiger partial charge in [0, 0.05) is 25.6 Å². The molecule has 1 atom stereocenters. The number of nitrogens with zero attached hydrogens (tertiary/aromatic N) is 1. The fourth-order valence-corrected chi connectivity index (χ4v) is 3.36. The number of benzene rings is 1. The Kier molecular flexibility index (Phi) is 8.57. The molecule has 0 bridgehead atoms. The molecule has 1 fully saturated rings. The molecule has 0 spiro atoms. The number of halogens is 2. The molecule has 1 saturated heterocycles. The van der Waals surface area contributed by atoms with Crippen LogP contribution in [-0.2, 0) is 11.3 Å². The van der Waals surface area contributed by atoms with Gasteiger partial charge in [-0.1, -0.05) is 0 Å². The summed E-state index contributed by atoms with van der Waals surface area (Å²) < 4.78 is 17.6.